The number of fused-ring (bicyclic) bond motifs is 4. The van der Waals surface area contributed by atoms with Crippen LogP contribution in [0.15, 0.2) is 81.7 Å². The van der Waals surface area contributed by atoms with Crippen LogP contribution in [-0.2, 0) is 6.54 Å². The van der Waals surface area contributed by atoms with Crippen LogP contribution in [0.2, 0.25) is 0 Å². The summed E-state index contributed by atoms with van der Waals surface area (Å²) in [5, 5.41) is 9.51. The van der Waals surface area contributed by atoms with Gasteiger partial charge in [-0.3, -0.25) is 0 Å². The number of rotatable bonds is 3. The molecule has 0 aliphatic carbocycles. The van der Waals surface area contributed by atoms with Crippen LogP contribution >= 0.6 is 15.9 Å². The van der Waals surface area contributed by atoms with Crippen molar-refractivity contribution in [1.29, 1.82) is 0 Å². The Morgan fingerprint density at radius 2 is 1.60 bits per heavy atom. The van der Waals surface area contributed by atoms with Crippen LogP contribution in [0.25, 0.3) is 44.6 Å². The first-order chi connectivity index (χ1) is 14.8. The van der Waals surface area contributed by atoms with Gasteiger partial charge in [0.1, 0.15) is 12.1 Å². The summed E-state index contributed by atoms with van der Waals surface area (Å²) in [6, 6.07) is 23.8. The second-order valence-corrected chi connectivity index (χ2v) is 7.91. The summed E-state index contributed by atoms with van der Waals surface area (Å²) in [5.41, 5.74) is 5.28. The Balaban J connectivity index is 1.54. The lowest BCUT2D eigenvalue weighted by Crippen LogP contribution is -2.01. The number of hydrogen-bond acceptors (Lipinski definition) is 5. The summed E-state index contributed by atoms with van der Waals surface area (Å²) in [6.45, 7) is 0.411. The Morgan fingerprint density at radius 1 is 0.833 bits per heavy atom. The quantitative estimate of drug-likeness (QED) is 0.347. The van der Waals surface area contributed by atoms with Crippen LogP contribution in [0.1, 0.15) is 5.89 Å². The van der Waals surface area contributed by atoms with Crippen molar-refractivity contribution in [3.05, 3.63) is 83.2 Å². The second-order valence-electron chi connectivity index (χ2n) is 7.00. The molecule has 0 N–H and O–H groups in total. The van der Waals surface area contributed by atoms with Crippen molar-refractivity contribution >= 4 is 49.0 Å². The lowest BCUT2D eigenvalue weighted by molar-refractivity contribution is 0.494. The molecule has 0 aliphatic rings. The molecule has 0 radical (unpaired) electrons. The van der Waals surface area contributed by atoms with E-state index in [0.717, 1.165) is 43.1 Å². The van der Waals surface area contributed by atoms with E-state index in [0.29, 0.717) is 18.3 Å². The molecule has 30 heavy (non-hydrogen) atoms. The molecule has 0 saturated carbocycles. The molecule has 0 bridgehead atoms. The molecule has 3 heterocycles. The van der Waals surface area contributed by atoms with Gasteiger partial charge in [0.25, 0.3) is 0 Å². The zero-order chi connectivity index (χ0) is 20.1. The monoisotopic (exact) mass is 455 g/mol. The topological polar surface area (TPSA) is 69.6 Å². The number of para-hydroxylation sites is 2. The summed E-state index contributed by atoms with van der Waals surface area (Å²) in [5.74, 6) is 1.02. The molecule has 3 aromatic carbocycles. The fourth-order valence-electron chi connectivity index (χ4n) is 3.72. The van der Waals surface area contributed by atoms with Crippen molar-refractivity contribution in [3.8, 4) is 11.5 Å². The van der Waals surface area contributed by atoms with Crippen molar-refractivity contribution in [2.75, 3.05) is 0 Å². The molecule has 0 fully saturated rings. The molecule has 6 rings (SSSR count). The van der Waals surface area contributed by atoms with Crippen LogP contribution in [0.3, 0.4) is 0 Å². The molecule has 7 heteroatoms. The minimum Gasteiger partial charge on any atom is -0.419 e. The average Bonchev–Trinajstić information content (AvgIpc) is 3.36. The highest BCUT2D eigenvalue weighted by Gasteiger charge is 2.17. The molecule has 0 aliphatic heterocycles. The number of aromatic nitrogens is 5. The van der Waals surface area contributed by atoms with Crippen LogP contribution in [-0.4, -0.2) is 24.7 Å². The maximum Gasteiger partial charge on any atom is 0.247 e. The normalized spacial score (nSPS) is 11.6. The van der Waals surface area contributed by atoms with Gasteiger partial charge in [-0.15, -0.1) is 10.2 Å². The SMILES string of the molecule is Brc1ccc2c(c1)c1nc3ccccc3nc1n2Cc1nnc(-c2ccccc2)o1. The van der Waals surface area contributed by atoms with Gasteiger partial charge in [-0.2, -0.15) is 0 Å². The summed E-state index contributed by atoms with van der Waals surface area (Å²) < 4.78 is 9.03. The maximum absolute atomic E-state index is 5.95. The molecule has 0 saturated heterocycles. The van der Waals surface area contributed by atoms with Gasteiger partial charge in [-0.1, -0.05) is 46.3 Å². The highest BCUT2D eigenvalue weighted by atomic mass is 79.9. The van der Waals surface area contributed by atoms with E-state index in [1.807, 2.05) is 60.7 Å². The highest BCUT2D eigenvalue weighted by Crippen LogP contribution is 2.31. The zero-order valence-corrected chi connectivity index (χ0v) is 17.2. The first-order valence-corrected chi connectivity index (χ1v) is 10.3. The average molecular weight is 456 g/mol. The molecule has 144 valence electrons. The minimum absolute atomic E-state index is 0.411. The third-order valence-corrected chi connectivity index (χ3v) is 5.59. The van der Waals surface area contributed by atoms with E-state index in [4.69, 9.17) is 14.4 Å². The van der Waals surface area contributed by atoms with Crippen LogP contribution in [0.5, 0.6) is 0 Å². The third kappa shape index (κ3) is 2.78. The molecule has 3 aromatic heterocycles. The van der Waals surface area contributed by atoms with Crippen molar-refractivity contribution in [2.45, 2.75) is 6.54 Å². The fraction of sp³-hybridized carbons (Fsp3) is 0.0435. The fourth-order valence-corrected chi connectivity index (χ4v) is 4.08. The Hall–Kier alpha value is -3.58. The van der Waals surface area contributed by atoms with Crippen LogP contribution in [0.4, 0.5) is 0 Å². The van der Waals surface area contributed by atoms with Crippen LogP contribution in [0, 0.1) is 0 Å². The molecule has 0 amide bonds. The Morgan fingerprint density at radius 3 is 2.43 bits per heavy atom. The van der Waals surface area contributed by atoms with E-state index in [1.54, 1.807) is 0 Å². The lowest BCUT2D eigenvalue weighted by atomic mass is 10.2. The van der Waals surface area contributed by atoms with E-state index >= 15 is 0 Å². The van der Waals surface area contributed by atoms with Gasteiger partial charge in [0.2, 0.25) is 11.8 Å². The maximum atomic E-state index is 5.95. The third-order valence-electron chi connectivity index (χ3n) is 5.09. The lowest BCUT2D eigenvalue weighted by Gasteiger charge is -2.04. The molecular weight excluding hydrogens is 442 g/mol. The smallest absolute Gasteiger partial charge is 0.247 e. The van der Waals surface area contributed by atoms with Crippen LogP contribution < -0.4 is 0 Å². The summed E-state index contributed by atoms with van der Waals surface area (Å²) in [7, 11) is 0. The van der Waals surface area contributed by atoms with E-state index in [2.05, 4.69) is 42.8 Å². The van der Waals surface area contributed by atoms with E-state index in [-0.39, 0.29) is 0 Å². The molecule has 6 nitrogen and oxygen atoms in total. The van der Waals surface area contributed by atoms with E-state index in [1.165, 1.54) is 0 Å². The van der Waals surface area contributed by atoms with Crippen molar-refractivity contribution in [3.63, 3.8) is 0 Å². The molecule has 6 aromatic rings. The van der Waals surface area contributed by atoms with Gasteiger partial charge >= 0.3 is 0 Å². The summed E-state index contributed by atoms with van der Waals surface area (Å²) in [4.78, 5) is 9.79. The highest BCUT2D eigenvalue weighted by molar-refractivity contribution is 9.10. The van der Waals surface area contributed by atoms with Gasteiger partial charge in [-0.25, -0.2) is 9.97 Å². The zero-order valence-electron chi connectivity index (χ0n) is 15.7. The molecule has 0 spiro atoms. The van der Waals surface area contributed by atoms with E-state index < -0.39 is 0 Å². The number of halogens is 1. The predicted octanol–water partition coefficient (Wildman–Crippen LogP) is 5.60. The Bertz CT molecular complexity index is 1540. The summed E-state index contributed by atoms with van der Waals surface area (Å²) >= 11 is 3.57. The van der Waals surface area contributed by atoms with Gasteiger partial charge in [0.15, 0.2) is 5.65 Å². The van der Waals surface area contributed by atoms with Crippen molar-refractivity contribution in [1.82, 2.24) is 24.7 Å². The van der Waals surface area contributed by atoms with Gasteiger partial charge < -0.3 is 8.98 Å². The van der Waals surface area contributed by atoms with Gasteiger partial charge in [0, 0.05) is 15.4 Å². The second kappa shape index (κ2) is 6.74. The Kier molecular flexibility index (Phi) is 3.89. The van der Waals surface area contributed by atoms with E-state index in [9.17, 15) is 0 Å². The standard InChI is InChI=1S/C23H14BrN5O/c24-15-10-11-19-16(12-15)21-22(26-18-9-5-4-8-17(18)25-21)29(19)13-20-27-28-23(30-20)14-6-2-1-3-7-14/h1-12H,13H2. The minimum atomic E-state index is 0.411. The summed E-state index contributed by atoms with van der Waals surface area (Å²) in [6.07, 6.45) is 0. The molecule has 0 atom stereocenters. The molecule has 0 unspecified atom stereocenters. The van der Waals surface area contributed by atoms with Gasteiger partial charge in [-0.05, 0) is 42.5 Å². The molecular formula is C23H14BrN5O. The number of nitrogens with zero attached hydrogens (tertiary/aromatic N) is 5. The Labute approximate surface area is 179 Å². The predicted molar refractivity (Wildman–Crippen MR) is 119 cm³/mol. The first kappa shape index (κ1) is 17.3. The largest absolute Gasteiger partial charge is 0.419 e. The van der Waals surface area contributed by atoms with Crippen molar-refractivity contribution < 1.29 is 4.42 Å². The van der Waals surface area contributed by atoms with Gasteiger partial charge in [0.05, 0.1) is 16.6 Å². The number of hydrogen-bond donors (Lipinski definition) is 0. The number of benzene rings is 3. The van der Waals surface area contributed by atoms with Crippen molar-refractivity contribution in [2.24, 2.45) is 0 Å². The first-order valence-electron chi connectivity index (χ1n) is 9.48.